The number of halogens is 5. The molecule has 5 rings (SSSR count). The van der Waals surface area contributed by atoms with E-state index in [2.05, 4.69) is 25.7 Å². The molecule has 0 atom stereocenters. The van der Waals surface area contributed by atoms with Crippen LogP contribution in [0, 0.1) is 5.82 Å². The first-order valence-electron chi connectivity index (χ1n) is 11.3. The zero-order chi connectivity index (χ0) is 27.7. The molecule has 0 aliphatic heterocycles. The highest BCUT2D eigenvalue weighted by molar-refractivity contribution is 6.33. The van der Waals surface area contributed by atoms with Crippen molar-refractivity contribution in [2.45, 2.75) is 12.8 Å². The molecule has 3 heterocycles. The van der Waals surface area contributed by atoms with Crippen molar-refractivity contribution in [3.05, 3.63) is 101 Å². The monoisotopic (exact) mass is 556 g/mol. The lowest BCUT2D eigenvalue weighted by Gasteiger charge is -2.16. The number of hydrogen-bond acceptors (Lipinski definition) is 6. The van der Waals surface area contributed by atoms with E-state index in [1.165, 1.54) is 17.0 Å². The van der Waals surface area contributed by atoms with Crippen molar-refractivity contribution in [2.75, 3.05) is 10.6 Å². The lowest BCUT2D eigenvalue weighted by Crippen LogP contribution is -2.16. The van der Waals surface area contributed by atoms with Gasteiger partial charge in [0.05, 0.1) is 28.6 Å². The van der Waals surface area contributed by atoms with Gasteiger partial charge in [0.25, 0.3) is 5.91 Å². The molecule has 0 saturated heterocycles. The molecule has 0 unspecified atom stereocenters. The number of carbonyl (C=O) groups excluding carboxylic acids is 1. The van der Waals surface area contributed by atoms with Crippen LogP contribution in [0.4, 0.5) is 34.8 Å². The van der Waals surface area contributed by atoms with E-state index in [4.69, 9.17) is 11.6 Å². The fourth-order valence-electron chi connectivity index (χ4n) is 3.78. The molecule has 5 aromatic rings. The van der Waals surface area contributed by atoms with Crippen LogP contribution in [0.3, 0.4) is 0 Å². The van der Waals surface area contributed by atoms with Crippen molar-refractivity contribution in [1.82, 2.24) is 19.6 Å². The first-order valence-corrected chi connectivity index (χ1v) is 11.6. The summed E-state index contributed by atoms with van der Waals surface area (Å²) in [7, 11) is 0. The van der Waals surface area contributed by atoms with Crippen LogP contribution in [0.5, 0.6) is 0 Å². The number of fused-ring (bicyclic) bond motifs is 1. The number of rotatable bonds is 6. The minimum atomic E-state index is -4.85. The first kappa shape index (κ1) is 26.1. The van der Waals surface area contributed by atoms with Gasteiger partial charge in [-0.25, -0.2) is 18.9 Å². The third kappa shape index (κ3) is 5.66. The molecule has 0 spiro atoms. The van der Waals surface area contributed by atoms with Crippen LogP contribution in [0.15, 0.2) is 73.3 Å². The average Bonchev–Trinajstić information content (AvgIpc) is 3.38. The number of amides is 1. The van der Waals surface area contributed by atoms with Gasteiger partial charge in [-0.05, 0) is 54.1 Å². The number of hydrogen-bond donors (Lipinski definition) is 3. The van der Waals surface area contributed by atoms with Crippen molar-refractivity contribution in [3.8, 4) is 11.1 Å². The molecule has 3 aromatic heterocycles. The molecule has 0 aliphatic carbocycles. The van der Waals surface area contributed by atoms with Gasteiger partial charge in [0, 0.05) is 29.1 Å². The smallest absolute Gasteiger partial charge is 0.392 e. The van der Waals surface area contributed by atoms with Crippen LogP contribution >= 0.6 is 11.6 Å². The van der Waals surface area contributed by atoms with Crippen LogP contribution in [0.2, 0.25) is 5.02 Å². The largest absolute Gasteiger partial charge is 0.416 e. The Morgan fingerprint density at radius 2 is 1.82 bits per heavy atom. The third-order valence-electron chi connectivity index (χ3n) is 5.70. The van der Waals surface area contributed by atoms with Crippen LogP contribution in [0.25, 0.3) is 16.8 Å². The molecule has 3 N–H and O–H groups in total. The molecule has 13 heteroatoms. The summed E-state index contributed by atoms with van der Waals surface area (Å²) >= 11 is 6.28. The number of nitrogens with zero attached hydrogens (tertiary/aromatic N) is 4. The van der Waals surface area contributed by atoms with Crippen LogP contribution in [0.1, 0.15) is 21.5 Å². The van der Waals surface area contributed by atoms with Crippen LogP contribution in [-0.4, -0.2) is 30.6 Å². The van der Waals surface area contributed by atoms with Crippen molar-refractivity contribution in [2.24, 2.45) is 0 Å². The maximum absolute atomic E-state index is 14.0. The third-order valence-corrected chi connectivity index (χ3v) is 6.03. The highest BCUT2D eigenvalue weighted by Gasteiger charge is 2.32. The van der Waals surface area contributed by atoms with Crippen molar-refractivity contribution in [1.29, 1.82) is 0 Å². The maximum atomic E-state index is 14.0. The van der Waals surface area contributed by atoms with Gasteiger partial charge in [0.2, 0.25) is 0 Å². The fraction of sp³-hybridized carbons (Fsp3) is 0.0769. The number of benzene rings is 2. The van der Waals surface area contributed by atoms with E-state index < -0.39 is 29.0 Å². The van der Waals surface area contributed by atoms with Gasteiger partial charge in [0.15, 0.2) is 11.5 Å². The lowest BCUT2D eigenvalue weighted by molar-refractivity contribution is -0.137. The predicted octanol–water partition coefficient (Wildman–Crippen LogP) is 6.09. The van der Waals surface area contributed by atoms with Gasteiger partial charge in [-0.15, -0.1) is 0 Å². The maximum Gasteiger partial charge on any atom is 0.416 e. The van der Waals surface area contributed by atoms with E-state index in [1.54, 1.807) is 42.6 Å². The SMILES string of the molecule is O=C(Nc1cc(-c2ccc3ncnn3c2)cnc1Nc1cc(CO)ccc1Cl)c1cc(F)cc(C(F)(F)F)c1. The second-order valence-corrected chi connectivity index (χ2v) is 8.79. The Bertz CT molecular complexity index is 1710. The first-order chi connectivity index (χ1) is 18.6. The molecular formula is C26H17ClF4N6O2. The summed E-state index contributed by atoms with van der Waals surface area (Å²) < 4.78 is 55.1. The highest BCUT2D eigenvalue weighted by Crippen LogP contribution is 2.34. The summed E-state index contributed by atoms with van der Waals surface area (Å²) in [6, 6.07) is 11.3. The number of pyridine rings is 2. The summed E-state index contributed by atoms with van der Waals surface area (Å²) in [6.45, 7) is -0.256. The Morgan fingerprint density at radius 1 is 1.00 bits per heavy atom. The van der Waals surface area contributed by atoms with Gasteiger partial charge < -0.3 is 15.7 Å². The Balaban J connectivity index is 1.56. The molecule has 2 aromatic carbocycles. The average molecular weight is 557 g/mol. The summed E-state index contributed by atoms with van der Waals surface area (Å²) in [4.78, 5) is 21.5. The van der Waals surface area contributed by atoms with Gasteiger partial charge >= 0.3 is 6.18 Å². The zero-order valence-corrected chi connectivity index (χ0v) is 20.4. The summed E-state index contributed by atoms with van der Waals surface area (Å²) in [5, 5.41) is 19.3. The molecule has 0 bridgehead atoms. The Hall–Kier alpha value is -4.55. The number of anilines is 3. The van der Waals surface area contributed by atoms with Gasteiger partial charge in [-0.1, -0.05) is 17.7 Å². The highest BCUT2D eigenvalue weighted by atomic mass is 35.5. The standard InChI is InChI=1S/C26H17ClF4N6O2/c27-20-3-1-14(12-38)5-21(20)35-24-22(36-25(39)16-6-18(26(29,30)31)9-19(28)7-16)8-17(10-32-24)15-2-4-23-33-13-34-37(23)11-15/h1-11,13,38H,12H2,(H,32,35)(H,36,39). The second-order valence-electron chi connectivity index (χ2n) is 8.38. The predicted molar refractivity (Wildman–Crippen MR) is 136 cm³/mol. The molecule has 0 aliphatic rings. The number of aliphatic hydroxyl groups excluding tert-OH is 1. The van der Waals surface area contributed by atoms with E-state index in [9.17, 15) is 27.5 Å². The fourth-order valence-corrected chi connectivity index (χ4v) is 3.94. The number of alkyl halides is 3. The Kier molecular flexibility index (Phi) is 6.89. The van der Waals surface area contributed by atoms with E-state index in [1.807, 2.05) is 0 Å². The number of aromatic nitrogens is 4. The molecule has 39 heavy (non-hydrogen) atoms. The van der Waals surface area contributed by atoms with Crippen LogP contribution in [-0.2, 0) is 12.8 Å². The summed E-state index contributed by atoms with van der Waals surface area (Å²) in [5.74, 6) is -2.11. The Labute approximate surface area is 222 Å². The minimum Gasteiger partial charge on any atom is -0.392 e. The molecule has 1 amide bonds. The molecule has 198 valence electrons. The van der Waals surface area contributed by atoms with E-state index in [0.29, 0.717) is 46.2 Å². The van der Waals surface area contributed by atoms with Crippen molar-refractivity contribution in [3.63, 3.8) is 0 Å². The van der Waals surface area contributed by atoms with Crippen molar-refractivity contribution >= 4 is 40.3 Å². The lowest BCUT2D eigenvalue weighted by atomic mass is 10.1. The quantitative estimate of drug-likeness (QED) is 0.219. The number of carbonyl (C=O) groups is 1. The summed E-state index contributed by atoms with van der Waals surface area (Å²) in [6.07, 6.45) is -0.278. The topological polar surface area (TPSA) is 104 Å². The van der Waals surface area contributed by atoms with Crippen LogP contribution < -0.4 is 10.6 Å². The normalized spacial score (nSPS) is 11.5. The second kappa shape index (κ2) is 10.3. The van der Waals surface area contributed by atoms with E-state index in [-0.39, 0.29) is 23.1 Å². The minimum absolute atomic E-state index is 0.0690. The van der Waals surface area contributed by atoms with E-state index >= 15 is 0 Å². The van der Waals surface area contributed by atoms with Gasteiger partial charge in [0.1, 0.15) is 12.1 Å². The summed E-state index contributed by atoms with van der Waals surface area (Å²) in [5.41, 5.74) is 0.905. The molecule has 0 radical (unpaired) electrons. The molecule has 8 nitrogen and oxygen atoms in total. The van der Waals surface area contributed by atoms with E-state index in [0.717, 1.165) is 0 Å². The number of aliphatic hydroxyl groups is 1. The van der Waals surface area contributed by atoms with Gasteiger partial charge in [-0.3, -0.25) is 4.79 Å². The zero-order valence-electron chi connectivity index (χ0n) is 19.7. The molecular weight excluding hydrogens is 540 g/mol. The Morgan fingerprint density at radius 3 is 2.59 bits per heavy atom. The van der Waals surface area contributed by atoms with Crippen molar-refractivity contribution < 1.29 is 27.5 Å². The number of nitrogens with one attached hydrogen (secondary N) is 2. The van der Waals surface area contributed by atoms with Gasteiger partial charge in [-0.2, -0.15) is 18.3 Å². The molecule has 0 saturated carbocycles. The molecule has 0 fully saturated rings.